The fourth-order valence-electron chi connectivity index (χ4n) is 3.72. The molecule has 36 heavy (non-hydrogen) atoms. The van der Waals surface area contributed by atoms with E-state index < -0.39 is 6.04 Å². The van der Waals surface area contributed by atoms with E-state index in [9.17, 15) is 9.59 Å². The number of hydrogen-bond donors (Lipinski definition) is 1. The lowest BCUT2D eigenvalue weighted by molar-refractivity contribution is -0.139. The lowest BCUT2D eigenvalue weighted by Crippen LogP contribution is -2.52. The van der Waals surface area contributed by atoms with Crippen LogP contribution >= 0.6 is 39.3 Å². The standard InChI is InChI=1S/C29H32BrClN2O2S/c1-3-21(2)32-29(35)27(17-22-9-5-4-6-10-22)33(18-24-11-7-8-12-26(24)31)28(34)20-36-19-23-13-15-25(30)16-14-23/h4-16,21,27H,3,17-20H2,1-2H3,(H,32,35)/t21-,27-/m0/s1. The molecule has 0 aromatic heterocycles. The summed E-state index contributed by atoms with van der Waals surface area (Å²) in [6, 6.07) is 24.8. The molecule has 2 atom stereocenters. The molecule has 0 unspecified atom stereocenters. The molecule has 190 valence electrons. The lowest BCUT2D eigenvalue weighted by Gasteiger charge is -2.32. The number of hydrogen-bond acceptors (Lipinski definition) is 3. The van der Waals surface area contributed by atoms with Crippen molar-refractivity contribution in [3.8, 4) is 0 Å². The van der Waals surface area contributed by atoms with Gasteiger partial charge in [0.25, 0.3) is 0 Å². The topological polar surface area (TPSA) is 49.4 Å². The maximum atomic E-state index is 13.7. The number of thioether (sulfide) groups is 1. The van der Waals surface area contributed by atoms with Crippen LogP contribution in [0.25, 0.3) is 0 Å². The number of benzene rings is 3. The Bertz CT molecular complexity index is 1130. The van der Waals surface area contributed by atoms with Crippen molar-refractivity contribution in [2.45, 2.75) is 51.1 Å². The van der Waals surface area contributed by atoms with Crippen LogP contribution < -0.4 is 5.32 Å². The average Bonchev–Trinajstić information content (AvgIpc) is 2.88. The fourth-order valence-corrected chi connectivity index (χ4v) is 5.06. The zero-order valence-electron chi connectivity index (χ0n) is 20.6. The molecule has 0 saturated heterocycles. The second-order valence-electron chi connectivity index (χ2n) is 8.76. The van der Waals surface area contributed by atoms with Gasteiger partial charge in [-0.1, -0.05) is 95.1 Å². The Hall–Kier alpha value is -2.28. The highest BCUT2D eigenvalue weighted by molar-refractivity contribution is 9.10. The first-order chi connectivity index (χ1) is 17.4. The Balaban J connectivity index is 1.86. The van der Waals surface area contributed by atoms with E-state index in [0.717, 1.165) is 27.6 Å². The van der Waals surface area contributed by atoms with Gasteiger partial charge < -0.3 is 10.2 Å². The van der Waals surface area contributed by atoms with Crippen molar-refractivity contribution in [1.29, 1.82) is 0 Å². The Labute approximate surface area is 231 Å². The summed E-state index contributed by atoms with van der Waals surface area (Å²) in [5, 5.41) is 3.68. The van der Waals surface area contributed by atoms with E-state index in [-0.39, 0.29) is 30.2 Å². The molecule has 3 aromatic rings. The molecule has 0 radical (unpaired) electrons. The molecule has 3 rings (SSSR count). The molecule has 0 aliphatic heterocycles. The van der Waals surface area contributed by atoms with Crippen LogP contribution in [0.3, 0.4) is 0 Å². The summed E-state index contributed by atoms with van der Waals surface area (Å²) in [4.78, 5) is 28.9. The minimum absolute atomic E-state index is 0.0137. The summed E-state index contributed by atoms with van der Waals surface area (Å²) in [7, 11) is 0. The summed E-state index contributed by atoms with van der Waals surface area (Å²) in [6.07, 6.45) is 1.24. The van der Waals surface area contributed by atoms with Crippen molar-refractivity contribution in [1.82, 2.24) is 10.2 Å². The summed E-state index contributed by atoms with van der Waals surface area (Å²) < 4.78 is 1.02. The van der Waals surface area contributed by atoms with Gasteiger partial charge in [-0.3, -0.25) is 9.59 Å². The Morgan fingerprint density at radius 3 is 2.31 bits per heavy atom. The summed E-state index contributed by atoms with van der Waals surface area (Å²) >= 11 is 11.5. The van der Waals surface area contributed by atoms with Gasteiger partial charge in [0, 0.05) is 34.3 Å². The molecule has 7 heteroatoms. The van der Waals surface area contributed by atoms with Crippen LogP contribution in [0.2, 0.25) is 5.02 Å². The van der Waals surface area contributed by atoms with Gasteiger partial charge in [-0.05, 0) is 48.2 Å². The largest absolute Gasteiger partial charge is 0.352 e. The van der Waals surface area contributed by atoms with Gasteiger partial charge in [0.05, 0.1) is 5.75 Å². The van der Waals surface area contributed by atoms with Gasteiger partial charge >= 0.3 is 0 Å². The fraction of sp³-hybridized carbons (Fsp3) is 0.310. The molecule has 0 heterocycles. The van der Waals surface area contributed by atoms with Crippen LogP contribution in [-0.2, 0) is 28.3 Å². The first kappa shape index (κ1) is 28.3. The van der Waals surface area contributed by atoms with E-state index in [2.05, 4.69) is 21.2 Å². The molecule has 0 aliphatic rings. The first-order valence-electron chi connectivity index (χ1n) is 12.1. The summed E-state index contributed by atoms with van der Waals surface area (Å²) in [5.41, 5.74) is 2.96. The Morgan fingerprint density at radius 1 is 0.972 bits per heavy atom. The van der Waals surface area contributed by atoms with Gasteiger partial charge in [-0.15, -0.1) is 11.8 Å². The molecular formula is C29H32BrClN2O2S. The van der Waals surface area contributed by atoms with Crippen molar-refractivity contribution in [2.75, 3.05) is 5.75 Å². The van der Waals surface area contributed by atoms with E-state index in [4.69, 9.17) is 11.6 Å². The second kappa shape index (κ2) is 14.5. The zero-order chi connectivity index (χ0) is 25.9. The Kier molecular flexibility index (Phi) is 11.4. The SMILES string of the molecule is CC[C@H](C)NC(=O)[C@H](Cc1ccccc1)N(Cc1ccccc1Cl)C(=O)CSCc1ccc(Br)cc1. The number of nitrogens with zero attached hydrogens (tertiary/aromatic N) is 1. The maximum Gasteiger partial charge on any atom is 0.243 e. The number of halogens is 2. The minimum atomic E-state index is -0.654. The minimum Gasteiger partial charge on any atom is -0.352 e. The van der Waals surface area contributed by atoms with Crippen LogP contribution in [0.1, 0.15) is 37.0 Å². The van der Waals surface area contributed by atoms with Crippen molar-refractivity contribution in [3.63, 3.8) is 0 Å². The van der Waals surface area contributed by atoms with Crippen molar-refractivity contribution >= 4 is 51.1 Å². The van der Waals surface area contributed by atoms with Crippen LogP contribution in [0.15, 0.2) is 83.3 Å². The normalized spacial score (nSPS) is 12.6. The summed E-state index contributed by atoms with van der Waals surface area (Å²) in [5.74, 6) is 0.743. The van der Waals surface area contributed by atoms with E-state index in [0.29, 0.717) is 17.2 Å². The molecule has 0 saturated carbocycles. The van der Waals surface area contributed by atoms with E-state index in [1.807, 2.05) is 92.7 Å². The number of rotatable bonds is 12. The number of amides is 2. The quantitative estimate of drug-likeness (QED) is 0.251. The van der Waals surface area contributed by atoms with Crippen LogP contribution in [-0.4, -0.2) is 34.6 Å². The predicted octanol–water partition coefficient (Wildman–Crippen LogP) is 6.89. The first-order valence-corrected chi connectivity index (χ1v) is 14.4. The zero-order valence-corrected chi connectivity index (χ0v) is 23.8. The van der Waals surface area contributed by atoms with Crippen LogP contribution in [0, 0.1) is 0 Å². The third-order valence-corrected chi connectivity index (χ3v) is 7.86. The van der Waals surface area contributed by atoms with E-state index in [1.54, 1.807) is 16.7 Å². The molecule has 1 N–H and O–H groups in total. The maximum absolute atomic E-state index is 13.7. The van der Waals surface area contributed by atoms with Gasteiger partial charge in [-0.25, -0.2) is 0 Å². The Morgan fingerprint density at radius 2 is 1.64 bits per heavy atom. The molecule has 2 amide bonds. The van der Waals surface area contributed by atoms with Crippen LogP contribution in [0.5, 0.6) is 0 Å². The van der Waals surface area contributed by atoms with Gasteiger partial charge in [0.15, 0.2) is 0 Å². The number of nitrogens with one attached hydrogen (secondary N) is 1. The molecule has 4 nitrogen and oxygen atoms in total. The van der Waals surface area contributed by atoms with Crippen molar-refractivity contribution in [2.24, 2.45) is 0 Å². The van der Waals surface area contributed by atoms with Crippen LogP contribution in [0.4, 0.5) is 0 Å². The molecule has 0 aliphatic carbocycles. The molecule has 0 fully saturated rings. The number of carbonyl (C=O) groups excluding carboxylic acids is 2. The lowest BCUT2D eigenvalue weighted by atomic mass is 10.0. The molecular weight excluding hydrogens is 556 g/mol. The molecule has 3 aromatic carbocycles. The van der Waals surface area contributed by atoms with Gasteiger partial charge in [-0.2, -0.15) is 0 Å². The summed E-state index contributed by atoms with van der Waals surface area (Å²) in [6.45, 7) is 4.27. The number of carbonyl (C=O) groups is 2. The second-order valence-corrected chi connectivity index (χ2v) is 11.1. The molecule has 0 spiro atoms. The highest BCUT2D eigenvalue weighted by atomic mass is 79.9. The highest BCUT2D eigenvalue weighted by Gasteiger charge is 2.31. The van der Waals surface area contributed by atoms with Crippen molar-refractivity contribution < 1.29 is 9.59 Å². The average molecular weight is 588 g/mol. The van der Waals surface area contributed by atoms with E-state index >= 15 is 0 Å². The monoisotopic (exact) mass is 586 g/mol. The third kappa shape index (κ3) is 8.68. The predicted molar refractivity (Wildman–Crippen MR) is 154 cm³/mol. The smallest absolute Gasteiger partial charge is 0.243 e. The molecule has 0 bridgehead atoms. The third-order valence-electron chi connectivity index (χ3n) is 5.98. The van der Waals surface area contributed by atoms with E-state index in [1.165, 1.54) is 0 Å². The van der Waals surface area contributed by atoms with Crippen molar-refractivity contribution in [3.05, 3.63) is 105 Å². The van der Waals surface area contributed by atoms with Gasteiger partial charge in [0.2, 0.25) is 11.8 Å². The highest BCUT2D eigenvalue weighted by Crippen LogP contribution is 2.22. The van der Waals surface area contributed by atoms with Gasteiger partial charge in [0.1, 0.15) is 6.04 Å².